The molecule has 1 aliphatic heterocycles. The van der Waals surface area contributed by atoms with Gasteiger partial charge in [0.25, 0.3) is 5.91 Å². The molecule has 0 saturated carbocycles. The highest BCUT2D eigenvalue weighted by Crippen LogP contribution is 2.28. The van der Waals surface area contributed by atoms with Gasteiger partial charge in [-0.3, -0.25) is 4.79 Å². The van der Waals surface area contributed by atoms with Gasteiger partial charge in [-0.05, 0) is 52.7 Å². The van der Waals surface area contributed by atoms with Gasteiger partial charge in [-0.25, -0.2) is 4.98 Å². The minimum atomic E-state index is -0.136. The first-order valence-corrected chi connectivity index (χ1v) is 6.99. The van der Waals surface area contributed by atoms with Gasteiger partial charge in [-0.2, -0.15) is 0 Å². The second-order valence-corrected chi connectivity index (χ2v) is 6.95. The predicted octanol–water partition coefficient (Wildman–Crippen LogP) is 1.70. The molecule has 0 spiro atoms. The van der Waals surface area contributed by atoms with Crippen LogP contribution in [0.15, 0.2) is 18.3 Å². The van der Waals surface area contributed by atoms with Gasteiger partial charge in [0.15, 0.2) is 0 Å². The predicted molar refractivity (Wildman–Crippen MR) is 80.4 cm³/mol. The Morgan fingerprint density at radius 1 is 1.30 bits per heavy atom. The van der Waals surface area contributed by atoms with Crippen molar-refractivity contribution in [3.8, 4) is 0 Å². The third-order valence-corrected chi connectivity index (χ3v) is 3.54. The third-order valence-electron chi connectivity index (χ3n) is 3.54. The van der Waals surface area contributed by atoms with E-state index in [2.05, 4.69) is 43.3 Å². The molecule has 1 aromatic rings. The molecule has 0 aromatic carbocycles. The van der Waals surface area contributed by atoms with Crippen molar-refractivity contribution in [3.05, 3.63) is 24.0 Å². The second-order valence-electron chi connectivity index (χ2n) is 6.95. The Kier molecular flexibility index (Phi) is 3.73. The van der Waals surface area contributed by atoms with Gasteiger partial charge in [-0.1, -0.05) is 0 Å². The van der Waals surface area contributed by atoms with E-state index in [1.54, 1.807) is 12.1 Å². The Bertz CT molecular complexity index is 477. The van der Waals surface area contributed by atoms with Crippen molar-refractivity contribution in [3.63, 3.8) is 0 Å². The number of nitrogens with one attached hydrogen (secondary N) is 2. The van der Waals surface area contributed by atoms with Crippen molar-refractivity contribution in [2.45, 2.75) is 57.7 Å². The number of nitrogens with two attached hydrogens (primary N) is 1. The average Bonchev–Trinajstić information content (AvgIpc) is 2.25. The second kappa shape index (κ2) is 5.05. The summed E-state index contributed by atoms with van der Waals surface area (Å²) in [5.41, 5.74) is 6.57. The number of rotatable bonds is 2. The maximum absolute atomic E-state index is 12.2. The third kappa shape index (κ3) is 3.70. The summed E-state index contributed by atoms with van der Waals surface area (Å²) in [5, 5.41) is 6.68. The summed E-state index contributed by atoms with van der Waals surface area (Å²) in [5.74, 6) is -0.136. The van der Waals surface area contributed by atoms with Gasteiger partial charge in [0, 0.05) is 17.1 Å². The van der Waals surface area contributed by atoms with E-state index in [1.807, 2.05) is 0 Å². The number of anilines is 1. The summed E-state index contributed by atoms with van der Waals surface area (Å²) in [4.78, 5) is 16.3. The molecule has 4 N–H and O–H groups in total. The summed E-state index contributed by atoms with van der Waals surface area (Å²) in [6, 6.07) is 3.49. The normalized spacial score (nSPS) is 21.4. The largest absolute Gasteiger partial charge is 0.397 e. The molecule has 5 nitrogen and oxygen atoms in total. The van der Waals surface area contributed by atoms with E-state index in [4.69, 9.17) is 5.73 Å². The molecule has 1 aliphatic rings. The van der Waals surface area contributed by atoms with Crippen molar-refractivity contribution in [2.75, 3.05) is 5.73 Å². The number of piperidine rings is 1. The maximum Gasteiger partial charge on any atom is 0.270 e. The maximum atomic E-state index is 12.2. The van der Waals surface area contributed by atoms with E-state index < -0.39 is 0 Å². The first-order valence-electron chi connectivity index (χ1n) is 6.99. The van der Waals surface area contributed by atoms with Crippen LogP contribution in [0.25, 0.3) is 0 Å². The quantitative estimate of drug-likeness (QED) is 0.768. The first-order chi connectivity index (χ1) is 9.17. The van der Waals surface area contributed by atoms with Crippen LogP contribution in [0.4, 0.5) is 5.69 Å². The van der Waals surface area contributed by atoms with E-state index in [1.165, 1.54) is 6.20 Å². The molecular formula is C15H24N4O. The number of nitrogen functional groups attached to an aromatic ring is 1. The topological polar surface area (TPSA) is 80.0 Å². The molecule has 110 valence electrons. The van der Waals surface area contributed by atoms with Crippen LogP contribution in [-0.2, 0) is 0 Å². The highest BCUT2D eigenvalue weighted by atomic mass is 16.1. The molecule has 1 aromatic heterocycles. The summed E-state index contributed by atoms with van der Waals surface area (Å²) >= 11 is 0. The van der Waals surface area contributed by atoms with E-state index >= 15 is 0 Å². The lowest BCUT2D eigenvalue weighted by atomic mass is 9.79. The molecule has 0 atom stereocenters. The Hall–Kier alpha value is -1.62. The van der Waals surface area contributed by atoms with Crippen LogP contribution >= 0.6 is 0 Å². The summed E-state index contributed by atoms with van der Waals surface area (Å²) < 4.78 is 0. The standard InChI is InChI=1S/C15H24N4O/c1-14(2)7-11(8-15(3,4)19-14)18-13(20)12-6-5-10(16)9-17-12/h5-6,9,11,19H,7-8,16H2,1-4H3,(H,18,20). The van der Waals surface area contributed by atoms with Gasteiger partial charge in [0.1, 0.15) is 5.69 Å². The van der Waals surface area contributed by atoms with Crippen LogP contribution in [0, 0.1) is 0 Å². The first kappa shape index (κ1) is 14.8. The molecule has 0 radical (unpaired) electrons. The summed E-state index contributed by atoms with van der Waals surface area (Å²) in [6.45, 7) is 8.64. The fraction of sp³-hybridized carbons (Fsp3) is 0.600. The Balaban J connectivity index is 2.05. The molecule has 1 amide bonds. The molecular weight excluding hydrogens is 252 g/mol. The Morgan fingerprint density at radius 3 is 2.40 bits per heavy atom. The van der Waals surface area contributed by atoms with Crippen molar-refractivity contribution in [1.29, 1.82) is 0 Å². The van der Waals surface area contributed by atoms with Crippen molar-refractivity contribution < 1.29 is 4.79 Å². The minimum absolute atomic E-state index is 0.00818. The zero-order valence-corrected chi connectivity index (χ0v) is 12.7. The lowest BCUT2D eigenvalue weighted by Crippen LogP contribution is -2.62. The minimum Gasteiger partial charge on any atom is -0.397 e. The molecule has 1 fully saturated rings. The van der Waals surface area contributed by atoms with Gasteiger partial charge >= 0.3 is 0 Å². The molecule has 2 rings (SSSR count). The molecule has 1 saturated heterocycles. The lowest BCUT2D eigenvalue weighted by Gasteiger charge is -2.46. The van der Waals surface area contributed by atoms with Crippen LogP contribution in [0.5, 0.6) is 0 Å². The van der Waals surface area contributed by atoms with Crippen LogP contribution in [0.3, 0.4) is 0 Å². The summed E-state index contributed by atoms with van der Waals surface area (Å²) in [7, 11) is 0. The fourth-order valence-electron chi connectivity index (χ4n) is 3.22. The van der Waals surface area contributed by atoms with Crippen molar-refractivity contribution >= 4 is 11.6 Å². The number of nitrogens with zero attached hydrogens (tertiary/aromatic N) is 1. The highest BCUT2D eigenvalue weighted by Gasteiger charge is 2.38. The van der Waals surface area contributed by atoms with Crippen molar-refractivity contribution in [2.24, 2.45) is 0 Å². The zero-order valence-electron chi connectivity index (χ0n) is 12.7. The van der Waals surface area contributed by atoms with E-state index in [0.717, 1.165) is 12.8 Å². The van der Waals surface area contributed by atoms with Gasteiger partial charge in [0.05, 0.1) is 11.9 Å². The lowest BCUT2D eigenvalue weighted by molar-refractivity contribution is 0.0868. The number of pyridine rings is 1. The van der Waals surface area contributed by atoms with E-state index in [9.17, 15) is 4.79 Å². The SMILES string of the molecule is CC1(C)CC(NC(=O)c2ccc(N)cn2)CC(C)(C)N1. The van der Waals surface area contributed by atoms with Crippen molar-refractivity contribution in [1.82, 2.24) is 15.6 Å². The Labute approximate surface area is 120 Å². The molecule has 2 heterocycles. The average molecular weight is 276 g/mol. The molecule has 20 heavy (non-hydrogen) atoms. The number of hydrogen-bond donors (Lipinski definition) is 3. The van der Waals surface area contributed by atoms with E-state index in [-0.39, 0.29) is 23.0 Å². The molecule has 0 unspecified atom stereocenters. The van der Waals surface area contributed by atoms with Gasteiger partial charge < -0.3 is 16.4 Å². The number of carbonyl (C=O) groups is 1. The van der Waals surface area contributed by atoms with Crippen LogP contribution in [0.2, 0.25) is 0 Å². The van der Waals surface area contributed by atoms with Crippen LogP contribution < -0.4 is 16.4 Å². The van der Waals surface area contributed by atoms with Gasteiger partial charge in [0.2, 0.25) is 0 Å². The fourth-order valence-corrected chi connectivity index (χ4v) is 3.22. The molecule has 0 aliphatic carbocycles. The van der Waals surface area contributed by atoms with Crippen LogP contribution in [0.1, 0.15) is 51.0 Å². The van der Waals surface area contributed by atoms with E-state index in [0.29, 0.717) is 11.4 Å². The monoisotopic (exact) mass is 276 g/mol. The van der Waals surface area contributed by atoms with Gasteiger partial charge in [-0.15, -0.1) is 0 Å². The number of carbonyl (C=O) groups excluding carboxylic acids is 1. The zero-order chi connectivity index (χ0) is 15.0. The Morgan fingerprint density at radius 2 is 1.90 bits per heavy atom. The number of amides is 1. The molecule has 0 bridgehead atoms. The molecule has 5 heteroatoms. The summed E-state index contributed by atoms with van der Waals surface area (Å²) in [6.07, 6.45) is 3.31. The van der Waals surface area contributed by atoms with Crippen LogP contribution in [-0.4, -0.2) is 28.0 Å². The number of aromatic nitrogens is 1. The highest BCUT2D eigenvalue weighted by molar-refractivity contribution is 5.92. The number of hydrogen-bond acceptors (Lipinski definition) is 4. The smallest absolute Gasteiger partial charge is 0.270 e.